The van der Waals surface area contributed by atoms with Gasteiger partial charge in [-0.3, -0.25) is 37.3 Å². The van der Waals surface area contributed by atoms with Gasteiger partial charge in [-0.2, -0.15) is 0 Å². The zero-order chi connectivity index (χ0) is 74.6. The van der Waals surface area contributed by atoms with Crippen molar-refractivity contribution in [2.75, 3.05) is 39.6 Å². The maximum absolute atomic E-state index is 13.1. The Kier molecular flexibility index (Phi) is 69.6. The number of carbonyl (C=O) groups is 4. The molecule has 0 saturated heterocycles. The maximum Gasteiger partial charge on any atom is 0.472 e. The molecule has 0 aromatic heterocycles. The Morgan fingerprint density at radius 3 is 0.703 bits per heavy atom. The van der Waals surface area contributed by atoms with E-state index >= 15 is 0 Å². The topological polar surface area (TPSA) is 237 Å². The molecule has 0 aromatic carbocycles. The van der Waals surface area contributed by atoms with E-state index in [1.54, 1.807) is 0 Å². The Morgan fingerprint density at radius 1 is 0.277 bits per heavy atom. The van der Waals surface area contributed by atoms with Gasteiger partial charge >= 0.3 is 39.5 Å². The van der Waals surface area contributed by atoms with Crippen molar-refractivity contribution < 1.29 is 80.2 Å². The van der Waals surface area contributed by atoms with E-state index < -0.39 is 97.5 Å². The molecule has 600 valence electrons. The predicted molar refractivity (Wildman–Crippen MR) is 414 cm³/mol. The maximum atomic E-state index is 13.1. The van der Waals surface area contributed by atoms with E-state index in [9.17, 15) is 43.2 Å². The highest BCUT2D eigenvalue weighted by atomic mass is 31.2. The summed E-state index contributed by atoms with van der Waals surface area (Å²) in [5.41, 5.74) is 0. The number of esters is 4. The lowest BCUT2D eigenvalue weighted by atomic mass is 9.99. The van der Waals surface area contributed by atoms with Crippen LogP contribution >= 0.6 is 15.6 Å². The summed E-state index contributed by atoms with van der Waals surface area (Å²) in [6.07, 6.45) is 58.4. The van der Waals surface area contributed by atoms with E-state index in [0.29, 0.717) is 25.7 Å². The second-order valence-corrected chi connectivity index (χ2v) is 33.9. The molecule has 0 saturated carbocycles. The number of phosphoric ester groups is 2. The van der Waals surface area contributed by atoms with Gasteiger partial charge in [0, 0.05) is 25.7 Å². The van der Waals surface area contributed by atoms with E-state index in [-0.39, 0.29) is 25.7 Å². The van der Waals surface area contributed by atoms with Crippen LogP contribution in [0, 0.1) is 23.7 Å². The standard InChI is InChI=1S/C82H160O17P2/c1-9-74(7)60-52-44-36-30-24-20-17-18-22-26-32-38-48-56-64-81(86)99-78(69-93-80(85)63-55-47-41-40-45-53-61-75(8)10-2)71-97-101(90,91)95-67-76(83)66-94-100(88,89)96-70-77(98-82(87)65-57-49-39-33-27-29-35-43-51-59-73(5)6)68-92-79(84)62-54-46-37-31-25-21-16-14-12-11-13-15-19-23-28-34-42-50-58-72(3)4/h72-78,83H,9-71H2,1-8H3,(H,88,89)(H,90,91)/t74?,75?,76-,77-,78-/m1/s1. The van der Waals surface area contributed by atoms with Crippen molar-refractivity contribution >= 4 is 39.5 Å². The van der Waals surface area contributed by atoms with Crippen LogP contribution in [0.5, 0.6) is 0 Å². The fraction of sp³-hybridized carbons (Fsp3) is 0.951. The summed E-state index contributed by atoms with van der Waals surface area (Å²) in [5, 5.41) is 10.6. The smallest absolute Gasteiger partial charge is 0.462 e. The number of aliphatic hydroxyl groups is 1. The van der Waals surface area contributed by atoms with Crippen molar-refractivity contribution in [1.82, 2.24) is 0 Å². The predicted octanol–water partition coefficient (Wildman–Crippen LogP) is 24.4. The van der Waals surface area contributed by atoms with Gasteiger partial charge in [0.2, 0.25) is 0 Å². The van der Waals surface area contributed by atoms with Crippen LogP contribution in [-0.4, -0.2) is 96.7 Å². The Labute approximate surface area is 619 Å². The van der Waals surface area contributed by atoms with Gasteiger partial charge in [-0.05, 0) is 49.4 Å². The number of hydrogen-bond donors (Lipinski definition) is 3. The zero-order valence-corrected chi connectivity index (χ0v) is 68.3. The highest BCUT2D eigenvalue weighted by Gasteiger charge is 2.30. The Bertz CT molecular complexity index is 1980. The molecule has 0 aliphatic rings. The van der Waals surface area contributed by atoms with Gasteiger partial charge in [-0.1, -0.05) is 370 Å². The molecule has 7 atom stereocenters. The van der Waals surface area contributed by atoms with Gasteiger partial charge in [0.1, 0.15) is 19.3 Å². The molecule has 3 N–H and O–H groups in total. The van der Waals surface area contributed by atoms with Gasteiger partial charge in [0.15, 0.2) is 12.2 Å². The van der Waals surface area contributed by atoms with Crippen molar-refractivity contribution in [3.8, 4) is 0 Å². The number of phosphoric acid groups is 2. The van der Waals surface area contributed by atoms with Crippen molar-refractivity contribution in [2.24, 2.45) is 23.7 Å². The lowest BCUT2D eigenvalue weighted by Crippen LogP contribution is -2.30. The number of rotatable bonds is 79. The highest BCUT2D eigenvalue weighted by molar-refractivity contribution is 7.47. The minimum atomic E-state index is -4.96. The van der Waals surface area contributed by atoms with Crippen LogP contribution in [-0.2, 0) is 65.4 Å². The third-order valence-electron chi connectivity index (χ3n) is 19.8. The van der Waals surface area contributed by atoms with E-state index in [1.165, 1.54) is 218 Å². The van der Waals surface area contributed by atoms with Gasteiger partial charge in [-0.15, -0.1) is 0 Å². The van der Waals surface area contributed by atoms with Gasteiger partial charge in [0.25, 0.3) is 0 Å². The Hall–Kier alpha value is -1.94. The lowest BCUT2D eigenvalue weighted by molar-refractivity contribution is -0.161. The molecule has 0 bridgehead atoms. The Balaban J connectivity index is 5.18. The third-order valence-corrected chi connectivity index (χ3v) is 21.7. The number of carbonyl (C=O) groups excluding carboxylic acids is 4. The van der Waals surface area contributed by atoms with Crippen LogP contribution in [0.3, 0.4) is 0 Å². The highest BCUT2D eigenvalue weighted by Crippen LogP contribution is 2.45. The summed E-state index contributed by atoms with van der Waals surface area (Å²) in [7, 11) is -9.92. The normalized spacial score (nSPS) is 14.5. The SMILES string of the molecule is CCC(C)CCCCCCCCCCCCCCCCC(=O)O[C@H](COC(=O)CCCCCCCCC(C)CC)COP(=O)(O)OC[C@H](O)COP(=O)(O)OC[C@@H](COC(=O)CCCCCCCCCCCCCCCCCCCCC(C)C)OC(=O)CCCCCCCCCCCC(C)C. The summed E-state index contributed by atoms with van der Waals surface area (Å²) in [4.78, 5) is 73.0. The zero-order valence-electron chi connectivity index (χ0n) is 66.5. The van der Waals surface area contributed by atoms with E-state index in [4.69, 9.17) is 37.0 Å². The van der Waals surface area contributed by atoms with Crippen LogP contribution in [0.2, 0.25) is 0 Å². The van der Waals surface area contributed by atoms with E-state index in [0.717, 1.165) is 120 Å². The summed E-state index contributed by atoms with van der Waals surface area (Å²) in [6.45, 7) is 14.3. The van der Waals surface area contributed by atoms with Crippen LogP contribution in [0.4, 0.5) is 0 Å². The molecule has 0 spiro atoms. The summed E-state index contributed by atoms with van der Waals surface area (Å²) in [6, 6.07) is 0. The van der Waals surface area contributed by atoms with Crippen molar-refractivity contribution in [1.29, 1.82) is 0 Å². The van der Waals surface area contributed by atoms with Crippen LogP contribution in [0.1, 0.15) is 421 Å². The Morgan fingerprint density at radius 2 is 0.475 bits per heavy atom. The molecule has 0 radical (unpaired) electrons. The fourth-order valence-electron chi connectivity index (χ4n) is 12.5. The first-order chi connectivity index (χ1) is 48.7. The lowest BCUT2D eigenvalue weighted by Gasteiger charge is -2.21. The third kappa shape index (κ3) is 73.4. The molecule has 4 unspecified atom stereocenters. The summed E-state index contributed by atoms with van der Waals surface area (Å²) >= 11 is 0. The van der Waals surface area contributed by atoms with Crippen LogP contribution in [0.15, 0.2) is 0 Å². The second-order valence-electron chi connectivity index (χ2n) is 31.0. The van der Waals surface area contributed by atoms with Crippen LogP contribution in [0.25, 0.3) is 0 Å². The quantitative estimate of drug-likeness (QED) is 0.0222. The van der Waals surface area contributed by atoms with E-state index in [1.807, 2.05) is 0 Å². The number of unbranched alkanes of at least 4 members (excludes halogenated alkanes) is 43. The number of aliphatic hydroxyl groups excluding tert-OH is 1. The first-order valence-corrected chi connectivity index (χ1v) is 45.3. The first-order valence-electron chi connectivity index (χ1n) is 42.3. The minimum Gasteiger partial charge on any atom is -0.462 e. The van der Waals surface area contributed by atoms with E-state index in [2.05, 4.69) is 55.4 Å². The van der Waals surface area contributed by atoms with Crippen molar-refractivity contribution in [3.05, 3.63) is 0 Å². The summed E-state index contributed by atoms with van der Waals surface area (Å²) < 4.78 is 68.7. The molecule has 0 amide bonds. The van der Waals surface area contributed by atoms with Crippen LogP contribution < -0.4 is 0 Å². The second kappa shape index (κ2) is 71.0. The molecule has 0 fully saturated rings. The number of hydrogen-bond acceptors (Lipinski definition) is 15. The largest absolute Gasteiger partial charge is 0.472 e. The van der Waals surface area contributed by atoms with Gasteiger partial charge in [0.05, 0.1) is 26.4 Å². The van der Waals surface area contributed by atoms with Crippen molar-refractivity contribution in [2.45, 2.75) is 440 Å². The van der Waals surface area contributed by atoms with Crippen molar-refractivity contribution in [3.63, 3.8) is 0 Å². The minimum absolute atomic E-state index is 0.105. The molecule has 0 aliphatic heterocycles. The average molecular weight is 1480 g/mol. The molecular weight excluding hydrogens is 1320 g/mol. The molecule has 0 heterocycles. The first kappa shape index (κ1) is 99.1. The molecule has 101 heavy (non-hydrogen) atoms. The molecule has 19 heteroatoms. The molecule has 0 aliphatic carbocycles. The monoisotopic (exact) mass is 1480 g/mol. The summed E-state index contributed by atoms with van der Waals surface area (Å²) in [5.74, 6) is 1.02. The van der Waals surface area contributed by atoms with Gasteiger partial charge < -0.3 is 33.8 Å². The molecule has 0 aromatic rings. The number of ether oxygens (including phenoxy) is 4. The molecular formula is C82H160O17P2. The average Bonchev–Trinajstić information content (AvgIpc) is 1.04. The van der Waals surface area contributed by atoms with Gasteiger partial charge in [-0.25, -0.2) is 9.13 Å². The molecule has 0 rings (SSSR count). The molecule has 17 nitrogen and oxygen atoms in total. The fourth-order valence-corrected chi connectivity index (χ4v) is 14.1.